The first-order valence-corrected chi connectivity index (χ1v) is 10.4. The molecule has 6 nitrogen and oxygen atoms in total. The molecule has 4 rings (SSSR count). The number of carbonyl (C=O) groups is 2. The minimum absolute atomic E-state index is 0.228. The summed E-state index contributed by atoms with van der Waals surface area (Å²) in [6, 6.07) is 19.4. The van der Waals surface area contributed by atoms with Crippen LogP contribution < -0.4 is 10.1 Å². The largest absolute Gasteiger partial charge is 0.489 e. The Kier molecular flexibility index (Phi) is 6.32. The molecule has 160 valence electrons. The van der Waals surface area contributed by atoms with Crippen LogP contribution >= 0.6 is 11.8 Å². The molecule has 1 saturated heterocycles. The van der Waals surface area contributed by atoms with Crippen molar-refractivity contribution in [3.63, 3.8) is 0 Å². The van der Waals surface area contributed by atoms with E-state index in [2.05, 4.69) is 10.3 Å². The third-order valence-corrected chi connectivity index (χ3v) is 5.40. The fourth-order valence-corrected chi connectivity index (χ4v) is 3.68. The summed E-state index contributed by atoms with van der Waals surface area (Å²) in [4.78, 5) is 27.9. The van der Waals surface area contributed by atoms with Gasteiger partial charge in [0.25, 0.3) is 5.91 Å². The van der Waals surface area contributed by atoms with Crippen molar-refractivity contribution >= 4 is 40.6 Å². The van der Waals surface area contributed by atoms with Gasteiger partial charge in [0.1, 0.15) is 18.2 Å². The van der Waals surface area contributed by atoms with Crippen LogP contribution in [0.15, 0.2) is 82.7 Å². The number of amidine groups is 1. The molecule has 1 heterocycles. The third-order valence-electron chi connectivity index (χ3n) is 4.49. The van der Waals surface area contributed by atoms with Gasteiger partial charge in [0.15, 0.2) is 5.17 Å². The zero-order chi connectivity index (χ0) is 22.5. The normalized spacial score (nSPS) is 15.7. The van der Waals surface area contributed by atoms with Crippen molar-refractivity contribution in [2.75, 3.05) is 0 Å². The standard InChI is InChI=1S/C24H17FN2O4S/c25-18-7-9-19(10-8-18)26-24-27-22(28)21(32-24)13-15-3-11-20(12-4-15)31-14-16-1-5-17(6-2-16)23(29)30/h1-13H,14H2,(H,29,30)(H,26,27,28)/b21-13+. The van der Waals surface area contributed by atoms with E-state index < -0.39 is 5.97 Å². The average molecular weight is 448 g/mol. The van der Waals surface area contributed by atoms with E-state index in [0.717, 1.165) is 11.1 Å². The highest BCUT2D eigenvalue weighted by molar-refractivity contribution is 8.18. The van der Waals surface area contributed by atoms with Gasteiger partial charge in [-0.1, -0.05) is 24.3 Å². The van der Waals surface area contributed by atoms with Crippen LogP contribution in [0.1, 0.15) is 21.5 Å². The van der Waals surface area contributed by atoms with Gasteiger partial charge in [-0.15, -0.1) is 0 Å². The summed E-state index contributed by atoms with van der Waals surface area (Å²) >= 11 is 1.21. The molecule has 1 aliphatic heterocycles. The number of ether oxygens (including phenoxy) is 1. The number of nitrogens with one attached hydrogen (secondary N) is 1. The van der Waals surface area contributed by atoms with Crippen LogP contribution in [0, 0.1) is 5.82 Å². The number of hydrogen-bond acceptors (Lipinski definition) is 5. The summed E-state index contributed by atoms with van der Waals surface area (Å²) in [6.07, 6.45) is 1.75. The molecule has 8 heteroatoms. The SMILES string of the molecule is O=C1NC(=Nc2ccc(F)cc2)S/C1=C/c1ccc(OCc2ccc(C(=O)O)cc2)cc1. The summed E-state index contributed by atoms with van der Waals surface area (Å²) in [5, 5.41) is 12.1. The van der Waals surface area contributed by atoms with Gasteiger partial charge in [-0.3, -0.25) is 4.79 Å². The highest BCUT2D eigenvalue weighted by Crippen LogP contribution is 2.28. The molecule has 0 bridgehead atoms. The molecular weight excluding hydrogens is 431 g/mol. The Hall–Kier alpha value is -3.91. The Morgan fingerprint density at radius 2 is 1.72 bits per heavy atom. The van der Waals surface area contributed by atoms with Crippen molar-refractivity contribution in [2.24, 2.45) is 4.99 Å². The summed E-state index contributed by atoms with van der Waals surface area (Å²) in [5.74, 6) is -0.913. The number of aliphatic imine (C=N–C) groups is 1. The summed E-state index contributed by atoms with van der Waals surface area (Å²) in [5.41, 5.74) is 2.46. The number of rotatable bonds is 6. The monoisotopic (exact) mass is 448 g/mol. The lowest BCUT2D eigenvalue weighted by Gasteiger charge is -2.07. The minimum Gasteiger partial charge on any atom is -0.489 e. The molecule has 1 amide bonds. The number of nitrogens with zero attached hydrogens (tertiary/aromatic N) is 1. The number of benzene rings is 3. The summed E-state index contributed by atoms with van der Waals surface area (Å²) < 4.78 is 18.7. The quantitative estimate of drug-likeness (QED) is 0.519. The first-order chi connectivity index (χ1) is 15.5. The average Bonchev–Trinajstić information content (AvgIpc) is 3.13. The molecule has 0 aromatic heterocycles. The Bertz CT molecular complexity index is 1200. The van der Waals surface area contributed by atoms with Gasteiger partial charge in [0.05, 0.1) is 16.2 Å². The Labute approximate surface area is 187 Å². The Morgan fingerprint density at radius 3 is 2.38 bits per heavy atom. The third kappa shape index (κ3) is 5.41. The van der Waals surface area contributed by atoms with Gasteiger partial charge in [0.2, 0.25) is 0 Å². The second-order valence-corrected chi connectivity index (χ2v) is 7.85. The maximum Gasteiger partial charge on any atom is 0.335 e. The molecular formula is C24H17FN2O4S. The van der Waals surface area contributed by atoms with E-state index in [0.29, 0.717) is 28.1 Å². The van der Waals surface area contributed by atoms with E-state index >= 15 is 0 Å². The fourth-order valence-electron chi connectivity index (χ4n) is 2.84. The molecule has 32 heavy (non-hydrogen) atoms. The summed E-state index contributed by atoms with van der Waals surface area (Å²) in [7, 11) is 0. The maximum absolute atomic E-state index is 13.0. The maximum atomic E-state index is 13.0. The molecule has 3 aromatic rings. The Balaban J connectivity index is 1.37. The predicted molar refractivity (Wildman–Crippen MR) is 121 cm³/mol. The van der Waals surface area contributed by atoms with Crippen LogP contribution in [0.25, 0.3) is 6.08 Å². The molecule has 0 unspecified atom stereocenters. The smallest absolute Gasteiger partial charge is 0.335 e. The second kappa shape index (κ2) is 9.49. The van der Waals surface area contributed by atoms with Gasteiger partial charge in [-0.05, 0) is 77.5 Å². The number of carboxylic acid groups (broad SMARTS) is 1. The van der Waals surface area contributed by atoms with Gasteiger partial charge in [0, 0.05) is 0 Å². The lowest BCUT2D eigenvalue weighted by molar-refractivity contribution is -0.115. The number of aromatic carboxylic acids is 1. The molecule has 0 radical (unpaired) electrons. The van der Waals surface area contributed by atoms with Crippen LogP contribution in [0.3, 0.4) is 0 Å². The first-order valence-electron chi connectivity index (χ1n) is 9.56. The summed E-state index contributed by atoms with van der Waals surface area (Å²) in [6.45, 7) is 0.307. The molecule has 1 aliphatic rings. The van der Waals surface area contributed by atoms with Crippen LogP contribution in [0.2, 0.25) is 0 Å². The number of thioether (sulfide) groups is 1. The van der Waals surface area contributed by atoms with Crippen molar-refractivity contribution in [3.05, 3.63) is 100 Å². The molecule has 0 spiro atoms. The molecule has 1 fully saturated rings. The zero-order valence-electron chi connectivity index (χ0n) is 16.6. The molecule has 0 saturated carbocycles. The topological polar surface area (TPSA) is 88.0 Å². The lowest BCUT2D eigenvalue weighted by Crippen LogP contribution is -2.19. The molecule has 2 N–H and O–H groups in total. The Morgan fingerprint density at radius 1 is 1.03 bits per heavy atom. The minimum atomic E-state index is -0.967. The molecule has 3 aromatic carbocycles. The van der Waals surface area contributed by atoms with E-state index in [1.54, 1.807) is 30.3 Å². The number of hydrogen-bond donors (Lipinski definition) is 2. The number of amides is 1. The van der Waals surface area contributed by atoms with Crippen molar-refractivity contribution in [1.82, 2.24) is 5.32 Å². The van der Waals surface area contributed by atoms with E-state index in [-0.39, 0.29) is 17.3 Å². The second-order valence-electron chi connectivity index (χ2n) is 6.82. The zero-order valence-corrected chi connectivity index (χ0v) is 17.4. The highest BCUT2D eigenvalue weighted by Gasteiger charge is 2.23. The van der Waals surface area contributed by atoms with Crippen LogP contribution in [0.5, 0.6) is 5.75 Å². The van der Waals surface area contributed by atoms with Crippen LogP contribution in [0.4, 0.5) is 10.1 Å². The van der Waals surface area contributed by atoms with E-state index in [1.165, 1.54) is 48.2 Å². The number of carboxylic acids is 1. The molecule has 0 aliphatic carbocycles. The van der Waals surface area contributed by atoms with Crippen molar-refractivity contribution in [2.45, 2.75) is 6.61 Å². The lowest BCUT2D eigenvalue weighted by atomic mass is 10.1. The van der Waals surface area contributed by atoms with E-state index in [9.17, 15) is 14.0 Å². The predicted octanol–water partition coefficient (Wildman–Crippen LogP) is 4.99. The van der Waals surface area contributed by atoms with Gasteiger partial charge >= 0.3 is 5.97 Å². The van der Waals surface area contributed by atoms with Crippen LogP contribution in [-0.2, 0) is 11.4 Å². The van der Waals surface area contributed by atoms with Gasteiger partial charge < -0.3 is 15.2 Å². The van der Waals surface area contributed by atoms with Crippen molar-refractivity contribution < 1.29 is 23.8 Å². The fraction of sp³-hybridized carbons (Fsp3) is 0.0417. The van der Waals surface area contributed by atoms with E-state index in [4.69, 9.17) is 9.84 Å². The first kappa shape index (κ1) is 21.3. The molecule has 0 atom stereocenters. The number of halogens is 1. The van der Waals surface area contributed by atoms with Crippen molar-refractivity contribution in [1.29, 1.82) is 0 Å². The van der Waals surface area contributed by atoms with Crippen molar-refractivity contribution in [3.8, 4) is 5.75 Å². The van der Waals surface area contributed by atoms with Gasteiger partial charge in [-0.25, -0.2) is 14.2 Å². The highest BCUT2D eigenvalue weighted by atomic mass is 32.2. The van der Waals surface area contributed by atoms with Gasteiger partial charge in [-0.2, -0.15) is 0 Å². The number of carbonyl (C=O) groups excluding carboxylic acids is 1. The van der Waals surface area contributed by atoms with Crippen LogP contribution in [-0.4, -0.2) is 22.2 Å². The van der Waals surface area contributed by atoms with E-state index in [1.807, 2.05) is 12.1 Å².